The Labute approximate surface area is 107 Å². The summed E-state index contributed by atoms with van der Waals surface area (Å²) < 4.78 is 0. The van der Waals surface area contributed by atoms with Crippen LogP contribution in [0.5, 0.6) is 0 Å². The highest BCUT2D eigenvalue weighted by molar-refractivity contribution is 5.82. The number of hydrogen-bond donors (Lipinski definition) is 0. The summed E-state index contributed by atoms with van der Waals surface area (Å²) in [6, 6.07) is 17.6. The van der Waals surface area contributed by atoms with E-state index in [1.807, 2.05) is 30.5 Å². The molecule has 0 aliphatic carbocycles. The quantitative estimate of drug-likeness (QED) is 0.742. The van der Waals surface area contributed by atoms with Crippen molar-refractivity contribution in [2.24, 2.45) is 4.99 Å². The third-order valence-corrected chi connectivity index (χ3v) is 2.72. The number of hydrogen-bond acceptors (Lipinski definition) is 2. The first-order valence-electron chi connectivity index (χ1n) is 5.95. The molecule has 0 aromatic heterocycles. The number of rotatable bonds is 3. The lowest BCUT2D eigenvalue weighted by Gasteiger charge is -1.98. The van der Waals surface area contributed by atoms with E-state index in [0.717, 1.165) is 17.7 Å². The third kappa shape index (κ3) is 3.05. The van der Waals surface area contributed by atoms with Crippen LogP contribution in [0.15, 0.2) is 53.5 Å². The van der Waals surface area contributed by atoms with Crippen molar-refractivity contribution in [3.8, 4) is 6.07 Å². The summed E-state index contributed by atoms with van der Waals surface area (Å²) in [6.07, 6.45) is 2.87. The zero-order chi connectivity index (χ0) is 12.8. The van der Waals surface area contributed by atoms with E-state index in [2.05, 4.69) is 30.1 Å². The lowest BCUT2D eigenvalue weighted by molar-refractivity contribution is 1.14. The average Bonchev–Trinajstić information content (AvgIpc) is 2.46. The third-order valence-electron chi connectivity index (χ3n) is 2.72. The molecule has 2 nitrogen and oxygen atoms in total. The Hall–Kier alpha value is -2.40. The van der Waals surface area contributed by atoms with Crippen molar-refractivity contribution in [1.29, 1.82) is 5.26 Å². The van der Waals surface area contributed by atoms with Crippen molar-refractivity contribution in [1.82, 2.24) is 0 Å². The Kier molecular flexibility index (Phi) is 3.88. The molecule has 18 heavy (non-hydrogen) atoms. The van der Waals surface area contributed by atoms with Crippen LogP contribution < -0.4 is 0 Å². The predicted octanol–water partition coefficient (Wildman–Crippen LogP) is 3.87. The summed E-state index contributed by atoms with van der Waals surface area (Å²) in [4.78, 5) is 4.39. The molecule has 2 aromatic rings. The second kappa shape index (κ2) is 5.79. The monoisotopic (exact) mass is 234 g/mol. The van der Waals surface area contributed by atoms with Crippen LogP contribution in [0.3, 0.4) is 0 Å². The molecule has 0 atom stereocenters. The summed E-state index contributed by atoms with van der Waals surface area (Å²) in [7, 11) is 0. The van der Waals surface area contributed by atoms with Gasteiger partial charge in [0.25, 0.3) is 0 Å². The summed E-state index contributed by atoms with van der Waals surface area (Å²) in [5.74, 6) is 0. The molecular formula is C16H14N2. The Morgan fingerprint density at radius 1 is 1.17 bits per heavy atom. The van der Waals surface area contributed by atoms with Crippen LogP contribution in [0.2, 0.25) is 0 Å². The molecule has 88 valence electrons. The lowest BCUT2D eigenvalue weighted by atomic mass is 10.1. The van der Waals surface area contributed by atoms with Crippen molar-refractivity contribution in [3.05, 3.63) is 65.2 Å². The molecule has 0 aliphatic heterocycles. The van der Waals surface area contributed by atoms with Gasteiger partial charge in [-0.15, -0.1) is 0 Å². The fourth-order valence-corrected chi connectivity index (χ4v) is 1.66. The van der Waals surface area contributed by atoms with E-state index in [1.54, 1.807) is 12.1 Å². The Balaban J connectivity index is 2.16. The van der Waals surface area contributed by atoms with Crippen molar-refractivity contribution < 1.29 is 0 Å². The van der Waals surface area contributed by atoms with Gasteiger partial charge < -0.3 is 0 Å². The second-order valence-electron chi connectivity index (χ2n) is 4.02. The highest BCUT2D eigenvalue weighted by atomic mass is 14.7. The molecule has 0 heterocycles. The zero-order valence-electron chi connectivity index (χ0n) is 10.3. The summed E-state index contributed by atoms with van der Waals surface area (Å²) in [5.41, 5.74) is 3.91. The van der Waals surface area contributed by atoms with Crippen molar-refractivity contribution in [3.63, 3.8) is 0 Å². The van der Waals surface area contributed by atoms with Gasteiger partial charge >= 0.3 is 0 Å². The van der Waals surface area contributed by atoms with Gasteiger partial charge in [0.1, 0.15) is 0 Å². The summed E-state index contributed by atoms with van der Waals surface area (Å²) in [6.45, 7) is 2.14. The molecule has 0 aliphatic rings. The fraction of sp³-hybridized carbons (Fsp3) is 0.125. The van der Waals surface area contributed by atoms with Gasteiger partial charge in [0.15, 0.2) is 0 Å². The van der Waals surface area contributed by atoms with Gasteiger partial charge in [0.2, 0.25) is 0 Å². The molecule has 0 spiro atoms. The Morgan fingerprint density at radius 2 is 1.94 bits per heavy atom. The predicted molar refractivity (Wildman–Crippen MR) is 74.2 cm³/mol. The van der Waals surface area contributed by atoms with Gasteiger partial charge in [-0.2, -0.15) is 5.26 Å². The molecule has 0 fully saturated rings. The molecule has 0 saturated carbocycles. The van der Waals surface area contributed by atoms with E-state index in [1.165, 1.54) is 5.56 Å². The van der Waals surface area contributed by atoms with E-state index < -0.39 is 0 Å². The molecule has 0 bridgehead atoms. The molecule has 2 aromatic carbocycles. The van der Waals surface area contributed by atoms with Gasteiger partial charge in [-0.05, 0) is 41.8 Å². The van der Waals surface area contributed by atoms with Gasteiger partial charge in [0.05, 0.1) is 17.3 Å². The van der Waals surface area contributed by atoms with E-state index >= 15 is 0 Å². The largest absolute Gasteiger partial charge is 0.256 e. The van der Waals surface area contributed by atoms with Crippen molar-refractivity contribution in [2.75, 3.05) is 0 Å². The molecular weight excluding hydrogens is 220 g/mol. The van der Waals surface area contributed by atoms with Crippen LogP contribution in [-0.4, -0.2) is 6.21 Å². The topological polar surface area (TPSA) is 36.1 Å². The van der Waals surface area contributed by atoms with Gasteiger partial charge in [0, 0.05) is 6.21 Å². The first-order chi connectivity index (χ1) is 8.81. The first-order valence-corrected chi connectivity index (χ1v) is 5.95. The normalized spacial score (nSPS) is 10.4. The van der Waals surface area contributed by atoms with Crippen LogP contribution in [0.1, 0.15) is 23.6 Å². The highest BCUT2D eigenvalue weighted by Crippen LogP contribution is 2.13. The van der Waals surface area contributed by atoms with Crippen LogP contribution in [0, 0.1) is 11.3 Å². The SMILES string of the molecule is CCc1cccc(/C=N/c2ccc(C#N)cc2)c1. The number of aryl methyl sites for hydroxylation is 1. The number of benzene rings is 2. The molecule has 2 rings (SSSR count). The first kappa shape index (κ1) is 12.1. The molecule has 2 heteroatoms. The molecule has 0 unspecified atom stereocenters. The second-order valence-corrected chi connectivity index (χ2v) is 4.02. The minimum absolute atomic E-state index is 0.655. The number of aliphatic imine (C=N–C) groups is 1. The van der Waals surface area contributed by atoms with Crippen molar-refractivity contribution >= 4 is 11.9 Å². The Morgan fingerprint density at radius 3 is 2.61 bits per heavy atom. The maximum absolute atomic E-state index is 8.71. The molecule has 0 radical (unpaired) electrons. The van der Waals surface area contributed by atoms with E-state index in [4.69, 9.17) is 5.26 Å². The lowest BCUT2D eigenvalue weighted by Crippen LogP contribution is -1.84. The van der Waals surface area contributed by atoms with E-state index in [9.17, 15) is 0 Å². The molecule has 0 saturated heterocycles. The average molecular weight is 234 g/mol. The van der Waals surface area contributed by atoms with Crippen LogP contribution in [0.4, 0.5) is 5.69 Å². The number of nitrogens with zero attached hydrogens (tertiary/aromatic N) is 2. The van der Waals surface area contributed by atoms with Crippen LogP contribution in [0.25, 0.3) is 0 Å². The maximum atomic E-state index is 8.71. The molecule has 0 N–H and O–H groups in total. The van der Waals surface area contributed by atoms with E-state index in [0.29, 0.717) is 5.56 Å². The highest BCUT2D eigenvalue weighted by Gasteiger charge is 1.93. The van der Waals surface area contributed by atoms with E-state index in [-0.39, 0.29) is 0 Å². The zero-order valence-corrected chi connectivity index (χ0v) is 10.3. The van der Waals surface area contributed by atoms with Crippen LogP contribution in [-0.2, 0) is 6.42 Å². The Bertz CT molecular complexity index is 589. The van der Waals surface area contributed by atoms with Crippen molar-refractivity contribution in [2.45, 2.75) is 13.3 Å². The van der Waals surface area contributed by atoms with Crippen LogP contribution >= 0.6 is 0 Å². The summed E-state index contributed by atoms with van der Waals surface area (Å²) in [5, 5.41) is 8.71. The minimum Gasteiger partial charge on any atom is -0.256 e. The molecule has 0 amide bonds. The van der Waals surface area contributed by atoms with Gasteiger partial charge in [-0.1, -0.05) is 31.2 Å². The standard InChI is InChI=1S/C16H14N2/c1-2-13-4-3-5-15(10-13)12-18-16-8-6-14(11-17)7-9-16/h3-10,12H,2H2,1H3/b18-12+. The summed E-state index contributed by atoms with van der Waals surface area (Å²) >= 11 is 0. The number of nitriles is 1. The maximum Gasteiger partial charge on any atom is 0.0991 e. The fourth-order valence-electron chi connectivity index (χ4n) is 1.66. The minimum atomic E-state index is 0.655. The van der Waals surface area contributed by atoms with Gasteiger partial charge in [-0.3, -0.25) is 4.99 Å². The van der Waals surface area contributed by atoms with Gasteiger partial charge in [-0.25, -0.2) is 0 Å². The smallest absolute Gasteiger partial charge is 0.0991 e.